The summed E-state index contributed by atoms with van der Waals surface area (Å²) in [7, 11) is 0. The minimum absolute atomic E-state index is 0. The Morgan fingerprint density at radius 2 is 1.57 bits per heavy atom. The molecule has 5 heteroatoms. The molecule has 0 aromatic rings. The minimum atomic E-state index is 0. The van der Waals surface area contributed by atoms with Crippen LogP contribution in [0.3, 0.4) is 0 Å². The van der Waals surface area contributed by atoms with Gasteiger partial charge in [-0.2, -0.15) is 10.5 Å². The molecule has 0 saturated heterocycles. The van der Waals surface area contributed by atoms with Crippen LogP contribution in [0.5, 0.6) is 0 Å². The topological polar surface area (TPSA) is 67.8 Å². The van der Waals surface area contributed by atoms with Gasteiger partial charge in [0.05, 0.1) is 0 Å². The maximum atomic E-state index is 7.18. The molecule has 0 aliphatic rings. The van der Waals surface area contributed by atoms with E-state index in [2.05, 4.69) is 12.6 Å². The predicted octanol–water partition coefficient (Wildman–Crippen LogP) is -2.65. The Hall–Kier alpha value is 0.766. The van der Waals surface area contributed by atoms with Crippen LogP contribution >= 0.6 is 12.6 Å². The van der Waals surface area contributed by atoms with E-state index in [1.165, 1.54) is 5.40 Å². The van der Waals surface area contributed by atoms with Gasteiger partial charge < -0.3 is 6.53 Å². The van der Waals surface area contributed by atoms with E-state index in [0.717, 1.165) is 6.26 Å². The van der Waals surface area contributed by atoms with Crippen molar-refractivity contribution in [3.8, 4) is 11.7 Å². The summed E-state index contributed by atoms with van der Waals surface area (Å²) in [5, 5.41) is 22.4. The Bertz CT molecular complexity index is 75.0. The molecule has 0 aliphatic heterocycles. The molecule has 0 unspecified atom stereocenters. The third kappa shape index (κ3) is 262. The van der Waals surface area contributed by atoms with Gasteiger partial charge in [-0.05, 0) is 0 Å². The monoisotopic (exact) mass is 142 g/mol. The predicted molar refractivity (Wildman–Crippen MR) is 23.3 cm³/mol. The van der Waals surface area contributed by atoms with Crippen LogP contribution in [-0.4, -0.2) is 5.11 Å². The molecule has 0 spiro atoms. The molecule has 0 saturated carbocycles. The van der Waals surface area contributed by atoms with Gasteiger partial charge >= 0.3 is 51.4 Å². The summed E-state index contributed by atoms with van der Waals surface area (Å²) in [5.41, 5.74) is 0. The van der Waals surface area contributed by atoms with E-state index in [0.29, 0.717) is 0 Å². The molecular weight excluding hydrogens is 139 g/mol. The van der Waals surface area contributed by atoms with E-state index in [4.69, 9.17) is 15.6 Å². The van der Waals surface area contributed by atoms with Crippen molar-refractivity contribution in [2.24, 2.45) is 0 Å². The smallest absolute Gasteiger partial charge is 1.00 e. The first kappa shape index (κ1) is 15.7. The molecule has 0 bridgehead atoms. The van der Waals surface area contributed by atoms with Gasteiger partial charge in [-0.25, -0.2) is 0 Å². The Labute approximate surface area is 91.3 Å². The first-order valence-electron chi connectivity index (χ1n) is 0.894. The summed E-state index contributed by atoms with van der Waals surface area (Å²) in [4.78, 5) is 0. The van der Waals surface area contributed by atoms with Gasteiger partial charge in [0.1, 0.15) is 5.40 Å². The molecule has 1 N–H and O–H groups in total. The van der Waals surface area contributed by atoms with Crippen molar-refractivity contribution in [3.05, 3.63) is 0 Å². The quantitative estimate of drug-likeness (QED) is 0.221. The molecule has 0 radical (unpaired) electrons. The summed E-state index contributed by atoms with van der Waals surface area (Å²) in [6, 6.07) is 0. The van der Waals surface area contributed by atoms with Gasteiger partial charge in [0.15, 0.2) is 0 Å². The van der Waals surface area contributed by atoms with Crippen molar-refractivity contribution in [1.29, 1.82) is 10.5 Å². The fraction of sp³-hybridized carbons (Fsp3) is 0. The molecule has 0 fully saturated rings. The largest absolute Gasteiger partial charge is 1.00 e. The Balaban J connectivity index is -0.0000000160. The van der Waals surface area contributed by atoms with Gasteiger partial charge in [0.2, 0.25) is 0 Å². The SMILES string of the molecule is N#CO.N#CS.[H-].[K+]. The van der Waals surface area contributed by atoms with E-state index in [1.807, 2.05) is 0 Å². The summed E-state index contributed by atoms with van der Waals surface area (Å²) < 4.78 is 0. The number of nitrogens with zero attached hydrogens (tertiary/aromatic N) is 2. The Kier molecular flexibility index (Phi) is 65.7. The van der Waals surface area contributed by atoms with Crippen LogP contribution in [0.4, 0.5) is 0 Å². The van der Waals surface area contributed by atoms with Crippen molar-refractivity contribution >= 4 is 12.6 Å². The van der Waals surface area contributed by atoms with Gasteiger partial charge in [0, 0.05) is 0 Å². The van der Waals surface area contributed by atoms with Gasteiger partial charge in [-0.15, -0.1) is 0 Å². The molecule has 0 aromatic heterocycles. The zero-order valence-electron chi connectivity index (χ0n) is 4.79. The van der Waals surface area contributed by atoms with Crippen LogP contribution in [0.15, 0.2) is 0 Å². The number of aliphatic hydroxyl groups is 1. The van der Waals surface area contributed by atoms with Crippen molar-refractivity contribution in [3.63, 3.8) is 0 Å². The molecule has 0 atom stereocenters. The minimum Gasteiger partial charge on any atom is -1.00 e. The number of thiol groups is 1. The van der Waals surface area contributed by atoms with E-state index < -0.39 is 0 Å². The molecular formula is C2H3KN2OS. The zero-order valence-corrected chi connectivity index (χ0v) is 7.81. The number of aliphatic hydroxyl groups excluding tert-OH is 1. The van der Waals surface area contributed by atoms with E-state index in [9.17, 15) is 0 Å². The van der Waals surface area contributed by atoms with E-state index in [1.54, 1.807) is 0 Å². The number of nitriles is 2. The summed E-state index contributed by atoms with van der Waals surface area (Å²) >= 11 is 3.09. The Morgan fingerprint density at radius 1 is 1.57 bits per heavy atom. The maximum Gasteiger partial charge on any atom is 1.00 e. The number of thiocyanates is 1. The van der Waals surface area contributed by atoms with Crippen LogP contribution in [0, 0.1) is 22.2 Å². The summed E-state index contributed by atoms with van der Waals surface area (Å²) in [5.74, 6) is 0. The molecule has 0 rings (SSSR count). The number of hydrogen-bond donors (Lipinski definition) is 2. The van der Waals surface area contributed by atoms with Gasteiger partial charge in [0.25, 0.3) is 6.26 Å². The van der Waals surface area contributed by atoms with Crippen molar-refractivity contribution < 1.29 is 57.9 Å². The van der Waals surface area contributed by atoms with Crippen LogP contribution < -0.4 is 51.4 Å². The second-order valence-electron chi connectivity index (χ2n) is 0.200. The first-order valence-corrected chi connectivity index (χ1v) is 1.34. The molecule has 0 heterocycles. The third-order valence-corrected chi connectivity index (χ3v) is 0. The second kappa shape index (κ2) is 29.4. The average molecular weight is 142 g/mol. The number of rotatable bonds is 0. The Morgan fingerprint density at radius 3 is 1.57 bits per heavy atom. The van der Waals surface area contributed by atoms with E-state index >= 15 is 0 Å². The van der Waals surface area contributed by atoms with Crippen LogP contribution in [0.1, 0.15) is 1.43 Å². The normalized spacial score (nSPS) is 2.14. The van der Waals surface area contributed by atoms with Crippen molar-refractivity contribution in [2.45, 2.75) is 0 Å². The van der Waals surface area contributed by atoms with Crippen LogP contribution in [-0.2, 0) is 0 Å². The molecule has 0 aromatic carbocycles. The fourth-order valence-electron chi connectivity index (χ4n) is 0. The number of hydrogen-bond acceptors (Lipinski definition) is 4. The average Bonchev–Trinajstić information content (AvgIpc) is 1.39. The maximum absolute atomic E-state index is 7.18. The molecule has 3 nitrogen and oxygen atoms in total. The van der Waals surface area contributed by atoms with Gasteiger partial charge in [-0.1, -0.05) is 12.6 Å². The standard InChI is InChI=1S/CHNO.CHNS.K.H/c2*2-1-3;;/h2*3H;;/q;;+1;-1. The molecule has 0 amide bonds. The van der Waals surface area contributed by atoms with Crippen molar-refractivity contribution in [2.75, 3.05) is 0 Å². The fourth-order valence-corrected chi connectivity index (χ4v) is 0. The molecule has 34 valence electrons. The van der Waals surface area contributed by atoms with E-state index in [-0.39, 0.29) is 52.8 Å². The summed E-state index contributed by atoms with van der Waals surface area (Å²) in [6.45, 7) is 0. The zero-order chi connectivity index (χ0) is 5.41. The molecule has 7 heavy (non-hydrogen) atoms. The summed E-state index contributed by atoms with van der Waals surface area (Å²) in [6.07, 6.45) is 0.750. The second-order valence-corrected chi connectivity index (χ2v) is 0.400. The van der Waals surface area contributed by atoms with Gasteiger partial charge in [-0.3, -0.25) is 0 Å². The molecule has 0 aliphatic carbocycles. The van der Waals surface area contributed by atoms with Crippen LogP contribution in [0.2, 0.25) is 0 Å². The first-order chi connectivity index (χ1) is 2.83. The van der Waals surface area contributed by atoms with Crippen molar-refractivity contribution in [1.82, 2.24) is 0 Å². The third-order valence-electron chi connectivity index (χ3n) is 0. The van der Waals surface area contributed by atoms with Crippen LogP contribution in [0.25, 0.3) is 0 Å².